The van der Waals surface area contributed by atoms with E-state index in [9.17, 15) is 9.90 Å². The van der Waals surface area contributed by atoms with Gasteiger partial charge in [0.15, 0.2) is 0 Å². The molecule has 0 aliphatic carbocycles. The number of hydrogen-bond acceptors (Lipinski definition) is 4. The molecule has 7 heteroatoms. The SMILES string of the molecule is COCCc1cc2c(Oc3ccc4c(c3)[C@H](C)N(C(=O)O)CC4)ccnc2[nH]1. The van der Waals surface area contributed by atoms with Gasteiger partial charge in [0.05, 0.1) is 18.0 Å². The minimum atomic E-state index is -0.892. The second-order valence-corrected chi connectivity index (χ2v) is 6.97. The third-order valence-corrected chi connectivity index (χ3v) is 5.25. The van der Waals surface area contributed by atoms with Crippen LogP contribution in [0.3, 0.4) is 0 Å². The lowest BCUT2D eigenvalue weighted by molar-refractivity contribution is 0.124. The summed E-state index contributed by atoms with van der Waals surface area (Å²) in [6.45, 7) is 3.06. The fraction of sp³-hybridized carbons (Fsp3) is 0.333. The number of methoxy groups -OCH3 is 1. The zero-order chi connectivity index (χ0) is 19.7. The minimum absolute atomic E-state index is 0.199. The summed E-state index contributed by atoms with van der Waals surface area (Å²) >= 11 is 0. The number of nitrogens with one attached hydrogen (secondary N) is 1. The van der Waals surface area contributed by atoms with Crippen molar-refractivity contribution in [3.63, 3.8) is 0 Å². The lowest BCUT2D eigenvalue weighted by Crippen LogP contribution is -2.37. The molecule has 1 aromatic carbocycles. The first-order valence-corrected chi connectivity index (χ1v) is 9.32. The summed E-state index contributed by atoms with van der Waals surface area (Å²) in [5.74, 6) is 1.40. The van der Waals surface area contributed by atoms with E-state index < -0.39 is 6.09 Å². The second kappa shape index (κ2) is 7.52. The number of hydrogen-bond donors (Lipinski definition) is 2. The number of H-pyrrole nitrogens is 1. The molecule has 3 aromatic rings. The molecule has 1 aliphatic heterocycles. The van der Waals surface area contributed by atoms with Gasteiger partial charge in [0.1, 0.15) is 17.1 Å². The predicted molar refractivity (Wildman–Crippen MR) is 105 cm³/mol. The van der Waals surface area contributed by atoms with Crippen molar-refractivity contribution in [1.29, 1.82) is 0 Å². The number of amides is 1. The molecule has 4 rings (SSSR count). The van der Waals surface area contributed by atoms with Crippen LogP contribution >= 0.6 is 0 Å². The molecular formula is C21H23N3O4. The zero-order valence-corrected chi connectivity index (χ0v) is 15.9. The number of aromatic nitrogens is 2. The smallest absolute Gasteiger partial charge is 0.407 e. The molecule has 0 saturated carbocycles. The van der Waals surface area contributed by atoms with Crippen LogP contribution in [0.2, 0.25) is 0 Å². The molecule has 28 heavy (non-hydrogen) atoms. The first-order chi connectivity index (χ1) is 13.6. The Hall–Kier alpha value is -3.06. The Bertz CT molecular complexity index is 1010. The van der Waals surface area contributed by atoms with E-state index in [4.69, 9.17) is 9.47 Å². The Balaban J connectivity index is 1.63. The Morgan fingerprint density at radius 2 is 2.21 bits per heavy atom. The molecule has 2 aromatic heterocycles. The van der Waals surface area contributed by atoms with Crippen LogP contribution in [0.5, 0.6) is 11.5 Å². The minimum Gasteiger partial charge on any atom is -0.465 e. The van der Waals surface area contributed by atoms with Crippen molar-refractivity contribution < 1.29 is 19.4 Å². The van der Waals surface area contributed by atoms with Gasteiger partial charge in [-0.15, -0.1) is 0 Å². The van der Waals surface area contributed by atoms with Gasteiger partial charge in [-0.25, -0.2) is 9.78 Å². The van der Waals surface area contributed by atoms with Gasteiger partial charge in [0.25, 0.3) is 0 Å². The van der Waals surface area contributed by atoms with Crippen LogP contribution in [0.1, 0.15) is 29.8 Å². The van der Waals surface area contributed by atoms with E-state index in [1.165, 1.54) is 10.5 Å². The van der Waals surface area contributed by atoms with Gasteiger partial charge in [0, 0.05) is 32.0 Å². The van der Waals surface area contributed by atoms with Crippen LogP contribution in [0, 0.1) is 0 Å². The third-order valence-electron chi connectivity index (χ3n) is 5.25. The van der Waals surface area contributed by atoms with E-state index in [1.54, 1.807) is 13.3 Å². The molecule has 0 spiro atoms. The fourth-order valence-corrected chi connectivity index (χ4v) is 3.74. The summed E-state index contributed by atoms with van der Waals surface area (Å²) in [5.41, 5.74) is 3.97. The maximum atomic E-state index is 11.4. The summed E-state index contributed by atoms with van der Waals surface area (Å²) < 4.78 is 11.3. The maximum Gasteiger partial charge on any atom is 0.407 e. The summed E-state index contributed by atoms with van der Waals surface area (Å²) in [6.07, 6.45) is 2.30. The lowest BCUT2D eigenvalue weighted by atomic mass is 9.93. The number of pyridine rings is 1. The molecule has 146 valence electrons. The van der Waals surface area contributed by atoms with Gasteiger partial charge >= 0.3 is 6.09 Å². The molecule has 0 unspecified atom stereocenters. The van der Waals surface area contributed by atoms with Crippen LogP contribution in [-0.2, 0) is 17.6 Å². The van der Waals surface area contributed by atoms with Crippen molar-refractivity contribution in [2.24, 2.45) is 0 Å². The topological polar surface area (TPSA) is 87.7 Å². The molecular weight excluding hydrogens is 358 g/mol. The molecule has 7 nitrogen and oxygen atoms in total. The van der Waals surface area contributed by atoms with E-state index in [-0.39, 0.29) is 6.04 Å². The van der Waals surface area contributed by atoms with Gasteiger partial charge in [-0.3, -0.25) is 0 Å². The maximum absolute atomic E-state index is 11.4. The van der Waals surface area contributed by atoms with E-state index in [0.29, 0.717) is 31.1 Å². The third kappa shape index (κ3) is 3.41. The van der Waals surface area contributed by atoms with Crippen molar-refractivity contribution in [1.82, 2.24) is 14.9 Å². The summed E-state index contributed by atoms with van der Waals surface area (Å²) in [6, 6.07) is 9.58. The first kappa shape index (κ1) is 18.3. The van der Waals surface area contributed by atoms with Crippen molar-refractivity contribution in [3.8, 4) is 11.5 Å². The molecule has 3 heterocycles. The quantitative estimate of drug-likeness (QED) is 0.693. The molecule has 0 saturated heterocycles. The van der Waals surface area contributed by atoms with Crippen LogP contribution in [0.25, 0.3) is 11.0 Å². The lowest BCUT2D eigenvalue weighted by Gasteiger charge is -2.33. The van der Waals surface area contributed by atoms with Crippen LogP contribution in [0.15, 0.2) is 36.5 Å². The Morgan fingerprint density at radius 1 is 1.36 bits per heavy atom. The number of carboxylic acid groups (broad SMARTS) is 1. The fourth-order valence-electron chi connectivity index (χ4n) is 3.74. The summed E-state index contributed by atoms with van der Waals surface area (Å²) in [4.78, 5) is 20.6. The number of carbonyl (C=O) groups is 1. The van der Waals surface area contributed by atoms with Gasteiger partial charge < -0.3 is 24.5 Å². The van der Waals surface area contributed by atoms with Gasteiger partial charge in [0.2, 0.25) is 0 Å². The highest BCUT2D eigenvalue weighted by molar-refractivity contribution is 5.83. The predicted octanol–water partition coefficient (Wildman–Crippen LogP) is 4.14. The Morgan fingerprint density at radius 3 is 3.00 bits per heavy atom. The molecule has 0 fully saturated rings. The number of benzene rings is 1. The normalized spacial score (nSPS) is 16.2. The molecule has 1 atom stereocenters. The van der Waals surface area contributed by atoms with E-state index in [2.05, 4.69) is 9.97 Å². The van der Waals surface area contributed by atoms with Crippen molar-refractivity contribution in [2.75, 3.05) is 20.3 Å². The van der Waals surface area contributed by atoms with Crippen molar-refractivity contribution in [2.45, 2.75) is 25.8 Å². The Kier molecular flexibility index (Phi) is 4.92. The number of fused-ring (bicyclic) bond motifs is 2. The van der Waals surface area contributed by atoms with E-state index in [1.807, 2.05) is 37.3 Å². The number of ether oxygens (including phenoxy) is 2. The highest BCUT2D eigenvalue weighted by Gasteiger charge is 2.27. The van der Waals surface area contributed by atoms with Gasteiger partial charge in [-0.1, -0.05) is 6.07 Å². The first-order valence-electron chi connectivity index (χ1n) is 9.32. The van der Waals surface area contributed by atoms with Crippen LogP contribution in [-0.4, -0.2) is 46.3 Å². The molecule has 0 radical (unpaired) electrons. The number of nitrogens with zero attached hydrogens (tertiary/aromatic N) is 2. The zero-order valence-electron chi connectivity index (χ0n) is 15.9. The second-order valence-electron chi connectivity index (χ2n) is 6.97. The number of rotatable bonds is 5. The average Bonchev–Trinajstić information content (AvgIpc) is 3.11. The monoisotopic (exact) mass is 381 g/mol. The van der Waals surface area contributed by atoms with Crippen LogP contribution < -0.4 is 4.74 Å². The highest BCUT2D eigenvalue weighted by atomic mass is 16.5. The molecule has 1 amide bonds. The summed E-state index contributed by atoms with van der Waals surface area (Å²) in [5, 5.41) is 10.3. The Labute approximate surface area is 162 Å². The van der Waals surface area contributed by atoms with E-state index in [0.717, 1.165) is 28.7 Å². The molecule has 1 aliphatic rings. The van der Waals surface area contributed by atoms with E-state index >= 15 is 0 Å². The van der Waals surface area contributed by atoms with Crippen molar-refractivity contribution in [3.05, 3.63) is 53.3 Å². The average molecular weight is 381 g/mol. The number of aromatic amines is 1. The molecule has 0 bridgehead atoms. The molecule has 2 N–H and O–H groups in total. The standard InChI is InChI=1S/C21H23N3O4/c1-13-17-12-16(4-3-14(17)6-9-24(13)21(25)26)28-19-5-8-22-20-18(19)11-15(23-20)7-10-27-2/h3-5,8,11-13H,6-7,9-10H2,1-2H3,(H,22,23)(H,25,26)/t13-/m0/s1. The van der Waals surface area contributed by atoms with Gasteiger partial charge in [-0.2, -0.15) is 0 Å². The largest absolute Gasteiger partial charge is 0.465 e. The summed E-state index contributed by atoms with van der Waals surface area (Å²) in [7, 11) is 1.68. The van der Waals surface area contributed by atoms with Gasteiger partial charge in [-0.05, 0) is 48.7 Å². The van der Waals surface area contributed by atoms with Crippen LogP contribution in [0.4, 0.5) is 4.79 Å². The van der Waals surface area contributed by atoms with Crippen molar-refractivity contribution >= 4 is 17.1 Å². The highest BCUT2D eigenvalue weighted by Crippen LogP contribution is 2.35.